The summed E-state index contributed by atoms with van der Waals surface area (Å²) in [6, 6.07) is 6.71. The molecule has 0 atom stereocenters. The molecular formula is C17H24O2. The fourth-order valence-corrected chi connectivity index (χ4v) is 3.98. The Labute approximate surface area is 115 Å². The molecule has 0 amide bonds. The molecule has 1 N–H and O–H groups in total. The van der Waals surface area contributed by atoms with Crippen LogP contribution in [0.3, 0.4) is 0 Å². The van der Waals surface area contributed by atoms with Crippen molar-refractivity contribution in [2.45, 2.75) is 62.9 Å². The maximum absolute atomic E-state index is 10.3. The van der Waals surface area contributed by atoms with Gasteiger partial charge in [0.25, 0.3) is 0 Å². The molecule has 2 nitrogen and oxygen atoms in total. The molecule has 1 aromatic rings. The van der Waals surface area contributed by atoms with Gasteiger partial charge in [-0.15, -0.1) is 0 Å². The molecule has 104 valence electrons. The Bertz CT molecular complexity index is 454. The number of methoxy groups -OCH3 is 1. The van der Waals surface area contributed by atoms with Gasteiger partial charge in [0.1, 0.15) is 5.75 Å². The topological polar surface area (TPSA) is 29.5 Å². The highest BCUT2D eigenvalue weighted by molar-refractivity contribution is 5.41. The molecule has 4 rings (SSSR count). The normalized spacial score (nSPS) is 33.4. The lowest BCUT2D eigenvalue weighted by Gasteiger charge is -2.51. The van der Waals surface area contributed by atoms with E-state index in [9.17, 15) is 5.11 Å². The third-order valence-corrected chi connectivity index (χ3v) is 5.48. The van der Waals surface area contributed by atoms with E-state index >= 15 is 0 Å². The van der Waals surface area contributed by atoms with Gasteiger partial charge in [-0.2, -0.15) is 0 Å². The number of aryl methyl sites for hydroxylation is 1. The van der Waals surface area contributed by atoms with Crippen LogP contribution in [0.5, 0.6) is 5.75 Å². The van der Waals surface area contributed by atoms with E-state index in [0.29, 0.717) is 5.41 Å². The van der Waals surface area contributed by atoms with Crippen molar-refractivity contribution in [3.05, 3.63) is 29.3 Å². The number of benzene rings is 1. The molecule has 3 aliphatic rings. The van der Waals surface area contributed by atoms with E-state index in [4.69, 9.17) is 4.74 Å². The number of rotatable bonds is 3. The van der Waals surface area contributed by atoms with Crippen molar-refractivity contribution in [3.63, 3.8) is 0 Å². The molecule has 0 radical (unpaired) electrons. The number of hydrogen-bond donors (Lipinski definition) is 1. The minimum atomic E-state index is -0.345. The van der Waals surface area contributed by atoms with Crippen molar-refractivity contribution in [1.82, 2.24) is 0 Å². The van der Waals surface area contributed by atoms with E-state index < -0.39 is 0 Å². The maximum atomic E-state index is 10.3. The fraction of sp³-hybridized carbons (Fsp3) is 0.647. The summed E-state index contributed by atoms with van der Waals surface area (Å²) < 4.78 is 5.43. The minimum Gasteiger partial charge on any atom is -0.496 e. The molecule has 3 fully saturated rings. The van der Waals surface area contributed by atoms with Gasteiger partial charge in [-0.3, -0.25) is 0 Å². The van der Waals surface area contributed by atoms with Gasteiger partial charge in [0, 0.05) is 0 Å². The van der Waals surface area contributed by atoms with Crippen molar-refractivity contribution in [1.29, 1.82) is 0 Å². The molecule has 3 aliphatic carbocycles. The quantitative estimate of drug-likeness (QED) is 0.900. The Balaban J connectivity index is 1.94. The third kappa shape index (κ3) is 2.06. The highest BCUT2D eigenvalue weighted by Gasteiger charge is 2.48. The molecule has 3 saturated carbocycles. The lowest BCUT2D eigenvalue weighted by molar-refractivity contribution is -0.0660. The molecule has 0 saturated heterocycles. The molecule has 2 heteroatoms. The van der Waals surface area contributed by atoms with Gasteiger partial charge in [0.15, 0.2) is 0 Å². The standard InChI is InChI=1S/C17H24O2/c1-3-13-12-14(4-5-15(13)19-2)16-6-9-17(18,10-7-16)11-8-16/h4-5,12,18H,3,6-11H2,1-2H3. The van der Waals surface area contributed by atoms with E-state index in [2.05, 4.69) is 25.1 Å². The van der Waals surface area contributed by atoms with Crippen molar-refractivity contribution in [2.24, 2.45) is 0 Å². The maximum Gasteiger partial charge on any atom is 0.122 e. The largest absolute Gasteiger partial charge is 0.496 e. The smallest absolute Gasteiger partial charge is 0.122 e. The highest BCUT2D eigenvalue weighted by Crippen LogP contribution is 2.53. The first-order valence-corrected chi connectivity index (χ1v) is 7.51. The summed E-state index contributed by atoms with van der Waals surface area (Å²) in [5, 5.41) is 10.3. The van der Waals surface area contributed by atoms with Crippen LogP contribution in [0.2, 0.25) is 0 Å². The van der Waals surface area contributed by atoms with Gasteiger partial charge in [0.05, 0.1) is 12.7 Å². The van der Waals surface area contributed by atoms with E-state index in [-0.39, 0.29) is 5.60 Å². The first kappa shape index (κ1) is 13.0. The second-order valence-electron chi connectivity index (χ2n) is 6.38. The molecule has 1 aromatic carbocycles. The van der Waals surface area contributed by atoms with Gasteiger partial charge in [-0.05, 0) is 67.6 Å². The van der Waals surface area contributed by atoms with Crippen molar-refractivity contribution < 1.29 is 9.84 Å². The van der Waals surface area contributed by atoms with Crippen molar-refractivity contribution in [3.8, 4) is 5.75 Å². The Hall–Kier alpha value is -1.02. The fourth-order valence-electron chi connectivity index (χ4n) is 3.98. The first-order chi connectivity index (χ1) is 9.11. The van der Waals surface area contributed by atoms with Crippen LogP contribution in [0.25, 0.3) is 0 Å². The molecule has 0 aliphatic heterocycles. The Morgan fingerprint density at radius 3 is 2.26 bits per heavy atom. The SMILES string of the molecule is CCc1cc(C23CCC(O)(CC2)CC3)ccc1OC. The van der Waals surface area contributed by atoms with Crippen LogP contribution in [-0.4, -0.2) is 17.8 Å². The number of ether oxygens (including phenoxy) is 1. The van der Waals surface area contributed by atoms with Crippen molar-refractivity contribution >= 4 is 0 Å². The monoisotopic (exact) mass is 260 g/mol. The number of fused-ring (bicyclic) bond motifs is 3. The Morgan fingerprint density at radius 2 is 1.74 bits per heavy atom. The Kier molecular flexibility index (Phi) is 3.09. The minimum absolute atomic E-state index is 0.320. The van der Waals surface area contributed by atoms with E-state index in [1.807, 2.05) is 0 Å². The van der Waals surface area contributed by atoms with Gasteiger partial charge >= 0.3 is 0 Å². The predicted molar refractivity (Wildman–Crippen MR) is 76.7 cm³/mol. The zero-order valence-electron chi connectivity index (χ0n) is 12.0. The second kappa shape index (κ2) is 4.52. The molecule has 2 bridgehead atoms. The zero-order valence-corrected chi connectivity index (χ0v) is 12.0. The van der Waals surface area contributed by atoms with Crippen LogP contribution in [0, 0.1) is 0 Å². The van der Waals surface area contributed by atoms with Crippen LogP contribution in [-0.2, 0) is 11.8 Å². The van der Waals surface area contributed by atoms with Gasteiger partial charge in [-0.25, -0.2) is 0 Å². The molecular weight excluding hydrogens is 236 g/mol. The molecule has 0 heterocycles. The predicted octanol–water partition coefficient (Wildman–Crippen LogP) is 3.59. The summed E-state index contributed by atoms with van der Waals surface area (Å²) in [5.74, 6) is 1.01. The molecule has 19 heavy (non-hydrogen) atoms. The lowest BCUT2D eigenvalue weighted by Crippen LogP contribution is -2.48. The van der Waals surface area contributed by atoms with E-state index in [1.54, 1.807) is 7.11 Å². The second-order valence-corrected chi connectivity index (χ2v) is 6.38. The number of hydrogen-bond acceptors (Lipinski definition) is 2. The lowest BCUT2D eigenvalue weighted by atomic mass is 9.56. The first-order valence-electron chi connectivity index (χ1n) is 7.51. The van der Waals surface area contributed by atoms with Crippen molar-refractivity contribution in [2.75, 3.05) is 7.11 Å². The van der Waals surface area contributed by atoms with E-state index in [0.717, 1.165) is 50.7 Å². The average molecular weight is 260 g/mol. The van der Waals surface area contributed by atoms with Crippen LogP contribution < -0.4 is 4.74 Å². The summed E-state index contributed by atoms with van der Waals surface area (Å²) in [5.41, 5.74) is 2.75. The van der Waals surface area contributed by atoms with E-state index in [1.165, 1.54) is 11.1 Å². The zero-order chi connectivity index (χ0) is 13.5. The summed E-state index contributed by atoms with van der Waals surface area (Å²) in [4.78, 5) is 0. The third-order valence-electron chi connectivity index (χ3n) is 5.48. The average Bonchev–Trinajstić information content (AvgIpc) is 2.47. The van der Waals surface area contributed by atoms with Crippen LogP contribution in [0.4, 0.5) is 0 Å². The summed E-state index contributed by atoms with van der Waals surface area (Å²) in [6.07, 6.45) is 7.34. The van der Waals surface area contributed by atoms with Crippen LogP contribution in [0.15, 0.2) is 18.2 Å². The molecule has 0 spiro atoms. The van der Waals surface area contributed by atoms with Gasteiger partial charge in [0.2, 0.25) is 0 Å². The van der Waals surface area contributed by atoms with Gasteiger partial charge in [-0.1, -0.05) is 19.1 Å². The molecule has 0 aromatic heterocycles. The van der Waals surface area contributed by atoms with Crippen LogP contribution in [0.1, 0.15) is 56.6 Å². The summed E-state index contributed by atoms with van der Waals surface area (Å²) in [6.45, 7) is 2.18. The number of aliphatic hydroxyl groups is 1. The van der Waals surface area contributed by atoms with Crippen LogP contribution >= 0.6 is 0 Å². The highest BCUT2D eigenvalue weighted by atomic mass is 16.5. The Morgan fingerprint density at radius 1 is 1.11 bits per heavy atom. The summed E-state index contributed by atoms with van der Waals surface area (Å²) in [7, 11) is 1.74. The van der Waals surface area contributed by atoms with Gasteiger partial charge < -0.3 is 9.84 Å². The molecule has 0 unspecified atom stereocenters. The summed E-state index contributed by atoms with van der Waals surface area (Å²) >= 11 is 0.